The monoisotopic (exact) mass is 385 g/mol. The van der Waals surface area contributed by atoms with E-state index in [1.165, 1.54) is 0 Å². The molecule has 0 heterocycles. The number of nitrogens with one attached hydrogen (secondary N) is 1. The molecule has 0 bridgehead atoms. The Morgan fingerprint density at radius 1 is 1.00 bits per heavy atom. The second kappa shape index (κ2) is 10.0. The molecule has 0 fully saturated rings. The molecule has 0 aliphatic carbocycles. The minimum atomic E-state index is -0.595. The standard InChI is InChI=1S/C23H31NO4/c1-15(2)21-12-7-16(3)13-22(21)28-18(5)23(25)24-17(4)14-27-20-10-8-19(26-6)9-11-20/h7-13,15,17-18H,14H2,1-6H3,(H,24,25)/t17-,18-/m0/s1. The van der Waals surface area contributed by atoms with Gasteiger partial charge < -0.3 is 19.5 Å². The fourth-order valence-electron chi connectivity index (χ4n) is 2.76. The number of benzene rings is 2. The van der Waals surface area contributed by atoms with Crippen molar-refractivity contribution in [2.45, 2.75) is 52.7 Å². The molecule has 2 atom stereocenters. The lowest BCUT2D eigenvalue weighted by atomic mass is 10.0. The molecule has 0 saturated heterocycles. The highest BCUT2D eigenvalue weighted by Crippen LogP contribution is 2.28. The maximum absolute atomic E-state index is 12.5. The Kier molecular flexibility index (Phi) is 7.73. The molecule has 5 nitrogen and oxygen atoms in total. The Morgan fingerprint density at radius 3 is 2.25 bits per heavy atom. The van der Waals surface area contributed by atoms with Gasteiger partial charge in [0.05, 0.1) is 13.2 Å². The van der Waals surface area contributed by atoms with Crippen molar-refractivity contribution >= 4 is 5.91 Å². The lowest BCUT2D eigenvalue weighted by molar-refractivity contribution is -0.128. The molecule has 2 aromatic carbocycles. The molecule has 2 rings (SSSR count). The highest BCUT2D eigenvalue weighted by molar-refractivity contribution is 5.81. The van der Waals surface area contributed by atoms with E-state index in [2.05, 4.69) is 31.3 Å². The van der Waals surface area contributed by atoms with Gasteiger partial charge in [0, 0.05) is 0 Å². The van der Waals surface area contributed by atoms with Crippen molar-refractivity contribution in [2.24, 2.45) is 0 Å². The van der Waals surface area contributed by atoms with Crippen molar-refractivity contribution in [1.29, 1.82) is 0 Å². The molecule has 28 heavy (non-hydrogen) atoms. The molecule has 2 aromatic rings. The van der Waals surface area contributed by atoms with Gasteiger partial charge in [-0.3, -0.25) is 4.79 Å². The Bertz CT molecular complexity index is 771. The van der Waals surface area contributed by atoms with Crippen LogP contribution in [0.4, 0.5) is 0 Å². The van der Waals surface area contributed by atoms with Crippen LogP contribution in [0.1, 0.15) is 44.7 Å². The number of hydrogen-bond donors (Lipinski definition) is 1. The van der Waals surface area contributed by atoms with E-state index in [1.807, 2.05) is 44.2 Å². The molecule has 5 heteroatoms. The molecular formula is C23H31NO4. The lowest BCUT2D eigenvalue weighted by Gasteiger charge is -2.21. The summed E-state index contributed by atoms with van der Waals surface area (Å²) in [5, 5.41) is 2.94. The van der Waals surface area contributed by atoms with E-state index >= 15 is 0 Å². The molecule has 1 amide bonds. The number of amides is 1. The predicted octanol–water partition coefficient (Wildman–Crippen LogP) is 4.48. The van der Waals surface area contributed by atoms with Crippen molar-refractivity contribution in [3.05, 3.63) is 53.6 Å². The highest BCUT2D eigenvalue weighted by Gasteiger charge is 2.19. The first-order valence-corrected chi connectivity index (χ1v) is 9.64. The van der Waals surface area contributed by atoms with Crippen LogP contribution in [-0.4, -0.2) is 31.8 Å². The summed E-state index contributed by atoms with van der Waals surface area (Å²) < 4.78 is 16.8. The molecule has 1 N–H and O–H groups in total. The van der Waals surface area contributed by atoms with E-state index in [9.17, 15) is 4.79 Å². The fourth-order valence-corrected chi connectivity index (χ4v) is 2.76. The van der Waals surface area contributed by atoms with Gasteiger partial charge in [-0.25, -0.2) is 0 Å². The first kappa shape index (κ1) is 21.6. The number of carbonyl (C=O) groups is 1. The van der Waals surface area contributed by atoms with Gasteiger partial charge in [0.2, 0.25) is 0 Å². The molecule has 152 valence electrons. The van der Waals surface area contributed by atoms with Crippen LogP contribution in [-0.2, 0) is 4.79 Å². The van der Waals surface area contributed by atoms with E-state index < -0.39 is 6.10 Å². The van der Waals surface area contributed by atoms with Gasteiger partial charge in [0.1, 0.15) is 23.9 Å². The molecule has 0 unspecified atom stereocenters. The first-order valence-electron chi connectivity index (χ1n) is 9.64. The summed E-state index contributed by atoms with van der Waals surface area (Å²) in [7, 11) is 1.62. The summed E-state index contributed by atoms with van der Waals surface area (Å²) in [5.41, 5.74) is 2.20. The molecule has 0 aliphatic heterocycles. The van der Waals surface area contributed by atoms with Crippen molar-refractivity contribution in [3.8, 4) is 17.2 Å². The Hall–Kier alpha value is -2.69. The molecule has 0 aromatic heterocycles. The van der Waals surface area contributed by atoms with Crippen LogP contribution in [0.2, 0.25) is 0 Å². The van der Waals surface area contributed by atoms with Gasteiger partial charge in [0.15, 0.2) is 6.10 Å². The van der Waals surface area contributed by atoms with E-state index in [-0.39, 0.29) is 11.9 Å². The second-order valence-electron chi connectivity index (χ2n) is 7.35. The lowest BCUT2D eigenvalue weighted by Crippen LogP contribution is -2.43. The third-order valence-electron chi connectivity index (χ3n) is 4.41. The van der Waals surface area contributed by atoms with Crippen molar-refractivity contribution in [1.82, 2.24) is 5.32 Å². The number of carbonyl (C=O) groups excluding carboxylic acids is 1. The van der Waals surface area contributed by atoms with Gasteiger partial charge in [-0.1, -0.05) is 26.0 Å². The van der Waals surface area contributed by atoms with Crippen molar-refractivity contribution in [3.63, 3.8) is 0 Å². The van der Waals surface area contributed by atoms with Gasteiger partial charge >= 0.3 is 0 Å². The smallest absolute Gasteiger partial charge is 0.261 e. The average Bonchev–Trinajstić information content (AvgIpc) is 2.66. The van der Waals surface area contributed by atoms with Crippen LogP contribution in [0.15, 0.2) is 42.5 Å². The fraction of sp³-hybridized carbons (Fsp3) is 0.435. The summed E-state index contributed by atoms with van der Waals surface area (Å²) in [5.74, 6) is 2.42. The summed E-state index contributed by atoms with van der Waals surface area (Å²) in [6.45, 7) is 10.3. The van der Waals surface area contributed by atoms with Crippen molar-refractivity contribution < 1.29 is 19.0 Å². The predicted molar refractivity (Wildman–Crippen MR) is 111 cm³/mol. The average molecular weight is 386 g/mol. The Balaban J connectivity index is 1.88. The van der Waals surface area contributed by atoms with E-state index in [0.717, 1.165) is 28.4 Å². The van der Waals surface area contributed by atoms with Crippen LogP contribution in [0.3, 0.4) is 0 Å². The summed E-state index contributed by atoms with van der Waals surface area (Å²) in [6.07, 6.45) is -0.595. The zero-order chi connectivity index (χ0) is 20.7. The zero-order valence-corrected chi connectivity index (χ0v) is 17.6. The van der Waals surface area contributed by atoms with Crippen LogP contribution < -0.4 is 19.5 Å². The highest BCUT2D eigenvalue weighted by atomic mass is 16.5. The number of rotatable bonds is 9. The molecule has 0 aliphatic rings. The third-order valence-corrected chi connectivity index (χ3v) is 4.41. The van der Waals surface area contributed by atoms with Gasteiger partial charge in [-0.2, -0.15) is 0 Å². The maximum Gasteiger partial charge on any atom is 0.261 e. The van der Waals surface area contributed by atoms with Crippen LogP contribution in [0, 0.1) is 6.92 Å². The quantitative estimate of drug-likeness (QED) is 0.692. The Labute approximate surface area is 168 Å². The molecular weight excluding hydrogens is 354 g/mol. The zero-order valence-electron chi connectivity index (χ0n) is 17.6. The summed E-state index contributed by atoms with van der Waals surface area (Å²) in [4.78, 5) is 12.5. The number of ether oxygens (including phenoxy) is 3. The van der Waals surface area contributed by atoms with Crippen LogP contribution in [0.25, 0.3) is 0 Å². The SMILES string of the molecule is COc1ccc(OC[C@H](C)NC(=O)[C@H](C)Oc2cc(C)ccc2C(C)C)cc1. The second-order valence-corrected chi connectivity index (χ2v) is 7.35. The molecule has 0 saturated carbocycles. The summed E-state index contributed by atoms with van der Waals surface area (Å²) in [6, 6.07) is 13.3. The largest absolute Gasteiger partial charge is 0.497 e. The molecule has 0 spiro atoms. The van der Waals surface area contributed by atoms with Gasteiger partial charge in [-0.05, 0) is 68.1 Å². The number of methoxy groups -OCH3 is 1. The van der Waals surface area contributed by atoms with Crippen molar-refractivity contribution in [2.75, 3.05) is 13.7 Å². The van der Waals surface area contributed by atoms with Gasteiger partial charge in [-0.15, -0.1) is 0 Å². The first-order chi connectivity index (χ1) is 13.3. The van der Waals surface area contributed by atoms with Crippen LogP contribution in [0.5, 0.6) is 17.2 Å². The van der Waals surface area contributed by atoms with Crippen LogP contribution >= 0.6 is 0 Å². The normalized spacial score (nSPS) is 13.0. The molecule has 0 radical (unpaired) electrons. The number of aryl methyl sites for hydroxylation is 1. The van der Waals surface area contributed by atoms with E-state index in [4.69, 9.17) is 14.2 Å². The minimum absolute atomic E-state index is 0.150. The third kappa shape index (κ3) is 6.19. The number of hydrogen-bond acceptors (Lipinski definition) is 4. The topological polar surface area (TPSA) is 56.8 Å². The Morgan fingerprint density at radius 2 is 1.64 bits per heavy atom. The minimum Gasteiger partial charge on any atom is -0.497 e. The van der Waals surface area contributed by atoms with E-state index in [1.54, 1.807) is 14.0 Å². The summed E-state index contributed by atoms with van der Waals surface area (Å²) >= 11 is 0. The van der Waals surface area contributed by atoms with E-state index in [0.29, 0.717) is 12.5 Å². The maximum atomic E-state index is 12.5. The van der Waals surface area contributed by atoms with Gasteiger partial charge in [0.25, 0.3) is 5.91 Å².